The van der Waals surface area contributed by atoms with Gasteiger partial charge in [0.25, 0.3) is 0 Å². The lowest BCUT2D eigenvalue weighted by Crippen LogP contribution is -2.40. The highest BCUT2D eigenvalue weighted by molar-refractivity contribution is 5.89. The highest BCUT2D eigenvalue weighted by Crippen LogP contribution is 2.14. The second kappa shape index (κ2) is 13.9. The summed E-state index contributed by atoms with van der Waals surface area (Å²) in [6, 6.07) is 5.93. The molecule has 2 N–H and O–H groups in total. The van der Waals surface area contributed by atoms with Crippen LogP contribution in [0.25, 0.3) is 0 Å². The summed E-state index contributed by atoms with van der Waals surface area (Å²) in [6.45, 7) is 7.63. The van der Waals surface area contributed by atoms with Gasteiger partial charge in [0.05, 0.1) is 52.3 Å². The van der Waals surface area contributed by atoms with Gasteiger partial charge in [0, 0.05) is 0 Å². The maximum absolute atomic E-state index is 11.7. The number of rotatable bonds is 14. The Morgan fingerprint density at radius 3 is 2.17 bits per heavy atom. The molecule has 0 fully saturated rings. The van der Waals surface area contributed by atoms with Gasteiger partial charge in [0.1, 0.15) is 24.0 Å². The lowest BCUT2D eigenvalue weighted by Gasteiger charge is -2.22. The van der Waals surface area contributed by atoms with Gasteiger partial charge in [-0.3, -0.25) is 4.79 Å². The summed E-state index contributed by atoms with van der Waals surface area (Å²) < 4.78 is 31.5. The maximum Gasteiger partial charge on any atom is 0.337 e. The zero-order valence-corrected chi connectivity index (χ0v) is 18.2. The molecule has 170 valence electrons. The summed E-state index contributed by atoms with van der Waals surface area (Å²) in [6.07, 6.45) is 0. The Morgan fingerprint density at radius 1 is 0.967 bits per heavy atom. The van der Waals surface area contributed by atoms with Crippen LogP contribution in [-0.2, 0) is 28.5 Å². The van der Waals surface area contributed by atoms with Gasteiger partial charge in [0.15, 0.2) is 0 Å². The minimum atomic E-state index is -0.819. The molecule has 1 unspecified atom stereocenters. The van der Waals surface area contributed by atoms with Gasteiger partial charge in [0.2, 0.25) is 0 Å². The third-order valence-electron chi connectivity index (χ3n) is 3.50. The van der Waals surface area contributed by atoms with Crippen LogP contribution in [0.3, 0.4) is 0 Å². The predicted molar refractivity (Wildman–Crippen MR) is 110 cm³/mol. The van der Waals surface area contributed by atoms with Crippen LogP contribution in [0.5, 0.6) is 5.75 Å². The summed E-state index contributed by atoms with van der Waals surface area (Å²) in [7, 11) is 1.33. The predicted octanol–water partition coefficient (Wildman–Crippen LogP) is 1.57. The molecule has 0 heterocycles. The lowest BCUT2D eigenvalue weighted by molar-refractivity contribution is -0.158. The maximum atomic E-state index is 11.7. The second-order valence-electron chi connectivity index (χ2n) is 7.31. The Kier molecular flexibility index (Phi) is 12.0. The largest absolute Gasteiger partial charge is 0.491 e. The zero-order chi connectivity index (χ0) is 22.4. The average molecular weight is 427 g/mol. The van der Waals surface area contributed by atoms with Gasteiger partial charge >= 0.3 is 11.9 Å². The first-order valence-electron chi connectivity index (χ1n) is 9.76. The molecule has 0 aliphatic heterocycles. The van der Waals surface area contributed by atoms with Gasteiger partial charge in [-0.15, -0.1) is 0 Å². The number of carbonyl (C=O) groups is 2. The first-order valence-corrected chi connectivity index (χ1v) is 9.76. The summed E-state index contributed by atoms with van der Waals surface area (Å²) in [5.74, 6) is -0.333. The van der Waals surface area contributed by atoms with Crippen molar-refractivity contribution in [3.63, 3.8) is 0 Å². The van der Waals surface area contributed by atoms with Crippen LogP contribution in [0.2, 0.25) is 0 Å². The van der Waals surface area contributed by atoms with Crippen molar-refractivity contribution >= 4 is 11.9 Å². The molecule has 0 radical (unpaired) electrons. The van der Waals surface area contributed by atoms with Gasteiger partial charge < -0.3 is 34.2 Å². The molecule has 0 saturated heterocycles. The number of hydrogen-bond acceptors (Lipinski definition) is 9. The number of ether oxygens (including phenoxy) is 6. The SMILES string of the molecule is COC(=O)c1cccc(OCCOCCOCCOCC(N)C(=O)OC(C)(C)C)c1. The normalized spacial score (nSPS) is 12.3. The molecule has 0 aromatic heterocycles. The van der Waals surface area contributed by atoms with Gasteiger partial charge in [-0.05, 0) is 39.0 Å². The van der Waals surface area contributed by atoms with E-state index in [4.69, 9.17) is 29.4 Å². The van der Waals surface area contributed by atoms with E-state index in [2.05, 4.69) is 4.74 Å². The van der Waals surface area contributed by atoms with Crippen LogP contribution >= 0.6 is 0 Å². The number of carbonyl (C=O) groups excluding carboxylic acids is 2. The van der Waals surface area contributed by atoms with E-state index >= 15 is 0 Å². The third kappa shape index (κ3) is 11.7. The molecular weight excluding hydrogens is 394 g/mol. The summed E-state index contributed by atoms with van der Waals surface area (Å²) in [5, 5.41) is 0. The molecule has 0 spiro atoms. The molecule has 0 aliphatic carbocycles. The van der Waals surface area contributed by atoms with Crippen LogP contribution < -0.4 is 10.5 Å². The van der Waals surface area contributed by atoms with Crippen molar-refractivity contribution in [2.75, 3.05) is 53.4 Å². The molecular formula is C21H33NO8. The topological polar surface area (TPSA) is 116 Å². The van der Waals surface area contributed by atoms with Crippen molar-refractivity contribution in [2.45, 2.75) is 32.4 Å². The Morgan fingerprint density at radius 2 is 1.57 bits per heavy atom. The molecule has 0 bridgehead atoms. The van der Waals surface area contributed by atoms with E-state index in [1.807, 2.05) is 0 Å². The van der Waals surface area contributed by atoms with E-state index in [1.54, 1.807) is 45.0 Å². The van der Waals surface area contributed by atoms with Crippen LogP contribution in [0.4, 0.5) is 0 Å². The van der Waals surface area contributed by atoms with E-state index in [0.717, 1.165) is 0 Å². The Labute approximate surface area is 177 Å². The fourth-order valence-electron chi connectivity index (χ4n) is 2.14. The average Bonchev–Trinajstić information content (AvgIpc) is 2.70. The second-order valence-corrected chi connectivity index (χ2v) is 7.31. The van der Waals surface area contributed by atoms with E-state index in [-0.39, 0.29) is 6.61 Å². The third-order valence-corrected chi connectivity index (χ3v) is 3.50. The quantitative estimate of drug-likeness (QED) is 0.349. The van der Waals surface area contributed by atoms with Crippen molar-refractivity contribution in [3.05, 3.63) is 29.8 Å². The Hall–Kier alpha value is -2.20. The van der Waals surface area contributed by atoms with Gasteiger partial charge in [-0.1, -0.05) is 6.07 Å². The fraction of sp³-hybridized carbons (Fsp3) is 0.619. The van der Waals surface area contributed by atoms with Crippen LogP contribution in [0.15, 0.2) is 24.3 Å². The summed E-state index contributed by atoms with van der Waals surface area (Å²) in [4.78, 5) is 23.2. The number of methoxy groups -OCH3 is 1. The van der Waals surface area contributed by atoms with E-state index in [0.29, 0.717) is 51.0 Å². The van der Waals surface area contributed by atoms with Crippen LogP contribution in [0.1, 0.15) is 31.1 Å². The highest BCUT2D eigenvalue weighted by Gasteiger charge is 2.22. The smallest absolute Gasteiger partial charge is 0.337 e. The van der Waals surface area contributed by atoms with Crippen LogP contribution in [-0.4, -0.2) is 76.9 Å². The number of nitrogens with two attached hydrogens (primary N) is 1. The first-order chi connectivity index (χ1) is 14.2. The molecule has 1 atom stereocenters. The molecule has 0 aliphatic rings. The van der Waals surface area contributed by atoms with Crippen molar-refractivity contribution in [3.8, 4) is 5.75 Å². The number of esters is 2. The van der Waals surface area contributed by atoms with Gasteiger partial charge in [-0.2, -0.15) is 0 Å². The zero-order valence-electron chi connectivity index (χ0n) is 18.2. The summed E-state index contributed by atoms with van der Waals surface area (Å²) in [5.41, 5.74) is 5.57. The minimum absolute atomic E-state index is 0.0727. The molecule has 0 saturated carbocycles. The lowest BCUT2D eigenvalue weighted by atomic mass is 10.2. The summed E-state index contributed by atoms with van der Waals surface area (Å²) >= 11 is 0. The number of benzene rings is 1. The van der Waals surface area contributed by atoms with E-state index in [9.17, 15) is 9.59 Å². The van der Waals surface area contributed by atoms with Crippen molar-refractivity contribution in [1.82, 2.24) is 0 Å². The van der Waals surface area contributed by atoms with Crippen molar-refractivity contribution in [2.24, 2.45) is 5.73 Å². The molecule has 9 nitrogen and oxygen atoms in total. The molecule has 0 amide bonds. The van der Waals surface area contributed by atoms with Gasteiger partial charge in [-0.25, -0.2) is 4.79 Å². The molecule has 1 aromatic carbocycles. The number of hydrogen-bond donors (Lipinski definition) is 1. The Balaban J connectivity index is 1.99. The van der Waals surface area contributed by atoms with Crippen LogP contribution in [0, 0.1) is 0 Å². The van der Waals surface area contributed by atoms with E-state index in [1.165, 1.54) is 7.11 Å². The molecule has 1 aromatic rings. The monoisotopic (exact) mass is 427 g/mol. The van der Waals surface area contributed by atoms with Crippen molar-refractivity contribution in [1.29, 1.82) is 0 Å². The Bertz CT molecular complexity index is 644. The minimum Gasteiger partial charge on any atom is -0.491 e. The molecule has 1 rings (SSSR count). The highest BCUT2D eigenvalue weighted by atomic mass is 16.6. The standard InChI is InChI=1S/C21H33NO8/c1-21(2,3)30-20(24)18(22)15-28-11-10-26-8-9-27-12-13-29-17-7-5-6-16(14-17)19(23)25-4/h5-7,14,18H,8-13,15,22H2,1-4H3. The molecule has 30 heavy (non-hydrogen) atoms. The fourth-order valence-corrected chi connectivity index (χ4v) is 2.14. The van der Waals surface area contributed by atoms with Crippen molar-refractivity contribution < 1.29 is 38.0 Å². The van der Waals surface area contributed by atoms with E-state index < -0.39 is 23.6 Å². The molecule has 9 heteroatoms. The first kappa shape index (κ1) is 25.8.